The zero-order valence-corrected chi connectivity index (χ0v) is 18.3. The molecule has 32 heavy (non-hydrogen) atoms. The van der Waals surface area contributed by atoms with Crippen molar-refractivity contribution < 1.29 is 19.1 Å². The Labute approximate surface area is 189 Å². The summed E-state index contributed by atoms with van der Waals surface area (Å²) in [5.41, 5.74) is 1.58. The molecule has 1 aromatic carbocycles. The minimum absolute atomic E-state index is 0.00426. The van der Waals surface area contributed by atoms with Gasteiger partial charge in [-0.25, -0.2) is 9.37 Å². The minimum Gasteiger partial charge on any atom is -0.385 e. The fourth-order valence-electron chi connectivity index (χ4n) is 3.69. The monoisotopic (exact) mass is 458 g/mol. The van der Waals surface area contributed by atoms with Crippen LogP contribution in [0.4, 0.5) is 4.39 Å². The Morgan fingerprint density at radius 1 is 1.31 bits per heavy atom. The Bertz CT molecular complexity index is 1160. The van der Waals surface area contributed by atoms with Gasteiger partial charge >= 0.3 is 0 Å². The van der Waals surface area contributed by atoms with Gasteiger partial charge in [0.05, 0.1) is 29.2 Å². The van der Waals surface area contributed by atoms with Gasteiger partial charge < -0.3 is 19.7 Å². The molecule has 0 aliphatic heterocycles. The average molecular weight is 459 g/mol. The maximum atomic E-state index is 14.0. The van der Waals surface area contributed by atoms with Gasteiger partial charge in [0, 0.05) is 24.3 Å². The van der Waals surface area contributed by atoms with E-state index in [2.05, 4.69) is 10.3 Å². The summed E-state index contributed by atoms with van der Waals surface area (Å²) in [4.78, 5) is 31.6. The molecule has 0 saturated heterocycles. The molecule has 1 saturated carbocycles. The lowest BCUT2D eigenvalue weighted by Crippen LogP contribution is -2.42. The van der Waals surface area contributed by atoms with E-state index >= 15 is 0 Å². The highest BCUT2D eigenvalue weighted by Crippen LogP contribution is 2.28. The van der Waals surface area contributed by atoms with Gasteiger partial charge in [0.1, 0.15) is 17.7 Å². The van der Waals surface area contributed by atoms with Gasteiger partial charge in [0.25, 0.3) is 0 Å². The zero-order valence-electron chi connectivity index (χ0n) is 17.6. The molecule has 1 unspecified atom stereocenters. The molecular formula is C23H24ClFN4O3. The van der Waals surface area contributed by atoms with E-state index in [1.54, 1.807) is 34.6 Å². The molecule has 9 heteroatoms. The van der Waals surface area contributed by atoms with Gasteiger partial charge in [-0.15, -0.1) is 0 Å². The molecule has 2 heterocycles. The van der Waals surface area contributed by atoms with Crippen LogP contribution in [0.5, 0.6) is 0 Å². The third kappa shape index (κ3) is 4.76. The van der Waals surface area contributed by atoms with Crippen LogP contribution in [0.2, 0.25) is 5.02 Å². The van der Waals surface area contributed by atoms with Crippen molar-refractivity contribution >= 4 is 28.9 Å². The first-order valence-electron chi connectivity index (χ1n) is 10.5. The minimum atomic E-state index is -0.786. The maximum absolute atomic E-state index is 14.0. The quantitative estimate of drug-likeness (QED) is 0.543. The van der Waals surface area contributed by atoms with E-state index in [0.717, 1.165) is 18.4 Å². The Balaban J connectivity index is 1.44. The van der Waals surface area contributed by atoms with Crippen LogP contribution in [0, 0.1) is 5.82 Å². The summed E-state index contributed by atoms with van der Waals surface area (Å²) in [6.07, 6.45) is 2.70. The summed E-state index contributed by atoms with van der Waals surface area (Å²) in [5.74, 6) is -0.686. The van der Waals surface area contributed by atoms with Crippen molar-refractivity contribution in [2.24, 2.45) is 0 Å². The summed E-state index contributed by atoms with van der Waals surface area (Å²) in [7, 11) is 0. The van der Waals surface area contributed by atoms with E-state index in [1.807, 2.05) is 18.2 Å². The first-order valence-corrected chi connectivity index (χ1v) is 10.9. The molecule has 0 spiro atoms. The standard InChI is InChI=1S/C23H24ClFN4O3/c1-14(30)23-27-18(19-7-2-3-10-28(19)23)11-21(32)29(16-8-9-16)13-20(31)26-12-15-5-4-6-17(24)22(15)25/h2-7,10,14,16,30H,8-9,11-13H2,1H3,(H,26,31). The van der Waals surface area contributed by atoms with Gasteiger partial charge in [-0.2, -0.15) is 0 Å². The van der Waals surface area contributed by atoms with E-state index in [9.17, 15) is 19.1 Å². The highest BCUT2D eigenvalue weighted by Gasteiger charge is 2.34. The molecule has 168 valence electrons. The van der Waals surface area contributed by atoms with Gasteiger partial charge in [-0.1, -0.05) is 29.8 Å². The lowest BCUT2D eigenvalue weighted by atomic mass is 10.2. The molecule has 2 aromatic heterocycles. The predicted molar refractivity (Wildman–Crippen MR) is 118 cm³/mol. The van der Waals surface area contributed by atoms with Crippen molar-refractivity contribution in [3.05, 3.63) is 70.5 Å². The second-order valence-electron chi connectivity index (χ2n) is 7.97. The van der Waals surface area contributed by atoms with Crippen LogP contribution in [0.1, 0.15) is 43.0 Å². The van der Waals surface area contributed by atoms with Crippen molar-refractivity contribution in [3.63, 3.8) is 0 Å². The number of carbonyl (C=O) groups excluding carboxylic acids is 2. The first kappa shape index (κ1) is 22.2. The molecule has 3 aromatic rings. The normalized spacial score (nSPS) is 14.4. The molecule has 1 aliphatic rings. The lowest BCUT2D eigenvalue weighted by molar-refractivity contribution is -0.136. The number of benzene rings is 1. The number of halogens is 2. The number of aromatic nitrogens is 2. The predicted octanol–water partition coefficient (Wildman–Crippen LogP) is 3.03. The van der Waals surface area contributed by atoms with Crippen LogP contribution in [-0.2, 0) is 22.6 Å². The summed E-state index contributed by atoms with van der Waals surface area (Å²) in [6, 6.07) is 10.1. The Kier molecular flexibility index (Phi) is 6.43. The van der Waals surface area contributed by atoms with Gasteiger partial charge in [0.15, 0.2) is 0 Å². The Morgan fingerprint density at radius 3 is 2.81 bits per heavy atom. The van der Waals surface area contributed by atoms with Crippen molar-refractivity contribution in [2.75, 3.05) is 6.54 Å². The molecule has 2 amide bonds. The smallest absolute Gasteiger partial charge is 0.239 e. The van der Waals surface area contributed by atoms with Crippen molar-refractivity contribution in [1.82, 2.24) is 19.6 Å². The zero-order chi connectivity index (χ0) is 22.8. The topological polar surface area (TPSA) is 86.9 Å². The first-order chi connectivity index (χ1) is 15.3. The molecule has 7 nitrogen and oxygen atoms in total. The van der Waals surface area contributed by atoms with E-state index in [0.29, 0.717) is 11.5 Å². The number of nitrogens with zero attached hydrogens (tertiary/aromatic N) is 3. The molecular weight excluding hydrogens is 435 g/mol. The van der Waals surface area contributed by atoms with E-state index < -0.39 is 11.9 Å². The second-order valence-corrected chi connectivity index (χ2v) is 8.38. The molecule has 0 radical (unpaired) electrons. The number of aliphatic hydroxyl groups is 1. The second kappa shape index (κ2) is 9.26. The molecule has 4 rings (SSSR count). The number of pyridine rings is 1. The van der Waals surface area contributed by atoms with E-state index in [4.69, 9.17) is 11.6 Å². The number of carbonyl (C=O) groups is 2. The van der Waals surface area contributed by atoms with Crippen molar-refractivity contribution in [1.29, 1.82) is 0 Å². The van der Waals surface area contributed by atoms with Crippen LogP contribution < -0.4 is 5.32 Å². The van der Waals surface area contributed by atoms with E-state index in [-0.39, 0.29) is 48.0 Å². The van der Waals surface area contributed by atoms with Crippen LogP contribution >= 0.6 is 11.6 Å². The highest BCUT2D eigenvalue weighted by atomic mass is 35.5. The summed E-state index contributed by atoms with van der Waals surface area (Å²) < 4.78 is 15.8. The van der Waals surface area contributed by atoms with Gasteiger partial charge in [0.2, 0.25) is 11.8 Å². The Morgan fingerprint density at radius 2 is 2.09 bits per heavy atom. The number of amides is 2. The van der Waals surface area contributed by atoms with Crippen molar-refractivity contribution in [3.8, 4) is 0 Å². The summed E-state index contributed by atoms with van der Waals surface area (Å²) in [5, 5.41) is 12.7. The number of hydrogen-bond acceptors (Lipinski definition) is 4. The van der Waals surface area contributed by atoms with Crippen LogP contribution in [0.3, 0.4) is 0 Å². The Hall–Kier alpha value is -2.97. The summed E-state index contributed by atoms with van der Waals surface area (Å²) in [6.45, 7) is 1.50. The number of nitrogens with one attached hydrogen (secondary N) is 1. The molecule has 1 fully saturated rings. The largest absolute Gasteiger partial charge is 0.385 e. The van der Waals surface area contributed by atoms with Crippen LogP contribution in [0.15, 0.2) is 42.6 Å². The number of imidazole rings is 1. The van der Waals surface area contributed by atoms with Crippen LogP contribution in [-0.4, -0.2) is 43.8 Å². The highest BCUT2D eigenvalue weighted by molar-refractivity contribution is 6.30. The lowest BCUT2D eigenvalue weighted by Gasteiger charge is -2.21. The van der Waals surface area contributed by atoms with Gasteiger partial charge in [-0.3, -0.25) is 9.59 Å². The molecule has 1 aliphatic carbocycles. The third-order valence-electron chi connectivity index (χ3n) is 5.47. The fourth-order valence-corrected chi connectivity index (χ4v) is 3.89. The molecule has 0 bridgehead atoms. The number of hydrogen-bond donors (Lipinski definition) is 2. The maximum Gasteiger partial charge on any atom is 0.239 e. The average Bonchev–Trinajstić information content (AvgIpc) is 3.54. The SMILES string of the molecule is CC(O)c1nc(CC(=O)N(CC(=O)NCc2cccc(Cl)c2F)C2CC2)c2ccccn12. The van der Waals surface area contributed by atoms with Gasteiger partial charge in [-0.05, 0) is 38.0 Å². The fraction of sp³-hybridized carbons (Fsp3) is 0.348. The molecule has 1 atom stereocenters. The van der Waals surface area contributed by atoms with E-state index in [1.165, 1.54) is 6.07 Å². The summed E-state index contributed by atoms with van der Waals surface area (Å²) >= 11 is 5.78. The van der Waals surface area contributed by atoms with Crippen LogP contribution in [0.25, 0.3) is 5.52 Å². The van der Waals surface area contributed by atoms with Crippen molar-refractivity contribution in [2.45, 2.75) is 44.9 Å². The third-order valence-corrected chi connectivity index (χ3v) is 5.77. The molecule has 2 N–H and O–H groups in total. The number of fused-ring (bicyclic) bond motifs is 1. The number of rotatable bonds is 8. The number of aliphatic hydroxyl groups excluding tert-OH is 1.